The second kappa shape index (κ2) is 8.34. The quantitative estimate of drug-likeness (QED) is 0.189. The fraction of sp³-hybridized carbons (Fsp3) is 0.821. The average molecular weight is 507 g/mol. The Hall–Kier alpha value is -0.856. The van der Waals surface area contributed by atoms with E-state index in [0.29, 0.717) is 29.7 Å². The van der Waals surface area contributed by atoms with Crippen molar-refractivity contribution in [1.82, 2.24) is 0 Å². The number of hydrogen-bond donors (Lipinski definition) is 0. The third kappa shape index (κ3) is 3.56. The first-order valence-corrected chi connectivity index (χ1v) is 18.3. The molecule has 0 bridgehead atoms. The van der Waals surface area contributed by atoms with Gasteiger partial charge < -0.3 is 13.6 Å². The van der Waals surface area contributed by atoms with E-state index in [4.69, 9.17) is 13.6 Å². The first kappa shape index (κ1) is 27.7. The third-order valence-corrected chi connectivity index (χ3v) is 20.6. The van der Waals surface area contributed by atoms with Crippen molar-refractivity contribution in [2.45, 2.75) is 129 Å². The van der Waals surface area contributed by atoms with Crippen LogP contribution in [0.25, 0.3) is 0 Å². The second-order valence-electron chi connectivity index (χ2n) is 13.9. The number of hydrogen-bond acceptors (Lipinski definition) is 4. The topological polar surface area (TPSA) is 44.8 Å². The molecule has 0 amide bonds. The third-order valence-electron chi connectivity index (χ3n) is 10.1. The van der Waals surface area contributed by atoms with Gasteiger partial charge in [0.05, 0.1) is 23.0 Å². The predicted octanol–water partition coefficient (Wildman–Crippen LogP) is 8.13. The lowest BCUT2D eigenvalue weighted by atomic mass is 9.65. The van der Waals surface area contributed by atoms with Crippen LogP contribution < -0.4 is 0 Å². The van der Waals surface area contributed by atoms with Crippen LogP contribution in [0.5, 0.6) is 0 Å². The summed E-state index contributed by atoms with van der Waals surface area (Å²) < 4.78 is 20.6. The SMILES string of the molecule is C=C1CCC23OC(=O)CC12C(O[Si](C(C)C)(C(C)C)C(C)C)=C[C@@]3(C)CO[Si](C)(C)C(C)(C)C. The zero-order valence-corrected chi connectivity index (χ0v) is 26.0. The van der Waals surface area contributed by atoms with Crippen LogP contribution in [0.1, 0.15) is 88.5 Å². The van der Waals surface area contributed by atoms with Gasteiger partial charge in [0.25, 0.3) is 8.32 Å². The van der Waals surface area contributed by atoms with Crippen LogP contribution in [0.2, 0.25) is 34.8 Å². The van der Waals surface area contributed by atoms with E-state index in [1.165, 1.54) is 0 Å². The van der Waals surface area contributed by atoms with Gasteiger partial charge in [-0.25, -0.2) is 0 Å². The first-order chi connectivity index (χ1) is 15.3. The molecule has 0 N–H and O–H groups in total. The molecule has 3 atom stereocenters. The van der Waals surface area contributed by atoms with Crippen LogP contribution in [0, 0.1) is 10.8 Å². The van der Waals surface area contributed by atoms with Crippen LogP contribution in [0.15, 0.2) is 24.0 Å². The number of ether oxygens (including phenoxy) is 1. The summed E-state index contributed by atoms with van der Waals surface area (Å²) in [7, 11) is -4.23. The molecule has 1 saturated heterocycles. The molecule has 3 rings (SSSR count). The van der Waals surface area contributed by atoms with Crippen molar-refractivity contribution in [2.75, 3.05) is 6.61 Å². The monoisotopic (exact) mass is 506 g/mol. The van der Waals surface area contributed by atoms with Crippen LogP contribution in [-0.4, -0.2) is 34.8 Å². The minimum atomic E-state index is -2.23. The molecular formula is C28H50O4Si2. The molecule has 0 aromatic heterocycles. The average Bonchev–Trinajstić information content (AvgIpc) is 3.20. The van der Waals surface area contributed by atoms with Crippen LogP contribution in [0.3, 0.4) is 0 Å². The maximum Gasteiger partial charge on any atom is 0.307 e. The molecule has 2 aliphatic carbocycles. The lowest BCUT2D eigenvalue weighted by Crippen LogP contribution is -2.54. The molecule has 0 radical (unpaired) electrons. The van der Waals surface area contributed by atoms with Crippen molar-refractivity contribution in [2.24, 2.45) is 10.8 Å². The van der Waals surface area contributed by atoms with E-state index in [1.807, 2.05) is 0 Å². The summed E-state index contributed by atoms with van der Waals surface area (Å²) in [4.78, 5) is 13.0. The maximum absolute atomic E-state index is 13.0. The normalized spacial score (nSPS) is 31.9. The van der Waals surface area contributed by atoms with Crippen molar-refractivity contribution < 1.29 is 18.4 Å². The number of carbonyl (C=O) groups excluding carboxylic acids is 1. The van der Waals surface area contributed by atoms with E-state index in [1.54, 1.807) is 0 Å². The Balaban J connectivity index is 2.15. The Morgan fingerprint density at radius 2 is 1.62 bits per heavy atom. The Labute approximate surface area is 211 Å². The fourth-order valence-corrected chi connectivity index (χ4v) is 13.6. The largest absolute Gasteiger partial charge is 0.545 e. The van der Waals surface area contributed by atoms with Gasteiger partial charge in [0, 0.05) is 6.61 Å². The lowest BCUT2D eigenvalue weighted by Gasteiger charge is -2.47. The van der Waals surface area contributed by atoms with Crippen molar-refractivity contribution in [3.63, 3.8) is 0 Å². The van der Waals surface area contributed by atoms with Gasteiger partial charge in [0.1, 0.15) is 5.60 Å². The first-order valence-electron chi connectivity index (χ1n) is 13.3. The van der Waals surface area contributed by atoms with E-state index >= 15 is 0 Å². The summed E-state index contributed by atoms with van der Waals surface area (Å²) >= 11 is 0. The minimum absolute atomic E-state index is 0.111. The molecule has 0 aromatic carbocycles. The Bertz CT molecular complexity index is 860. The smallest absolute Gasteiger partial charge is 0.307 e. The van der Waals surface area contributed by atoms with Gasteiger partial charge >= 0.3 is 5.97 Å². The molecule has 3 aliphatic rings. The van der Waals surface area contributed by atoms with Crippen molar-refractivity contribution in [3.05, 3.63) is 24.0 Å². The van der Waals surface area contributed by atoms with Crippen molar-refractivity contribution in [1.29, 1.82) is 0 Å². The summed E-state index contributed by atoms with van der Waals surface area (Å²) in [5.41, 5.74) is 0.768. The van der Waals surface area contributed by atoms with Crippen LogP contribution in [0.4, 0.5) is 0 Å². The van der Waals surface area contributed by atoms with Gasteiger partial charge in [-0.2, -0.15) is 0 Å². The van der Waals surface area contributed by atoms with E-state index in [9.17, 15) is 4.79 Å². The van der Waals surface area contributed by atoms with Crippen LogP contribution in [-0.2, 0) is 18.4 Å². The molecule has 4 nitrogen and oxygen atoms in total. The second-order valence-corrected chi connectivity index (χ2v) is 24.1. The summed E-state index contributed by atoms with van der Waals surface area (Å²) in [5.74, 6) is 0.837. The molecule has 2 unspecified atom stereocenters. The van der Waals surface area contributed by atoms with Crippen LogP contribution >= 0.6 is 0 Å². The standard InChI is InChI=1S/C28H50O4Si2/c1-19(2)34(20(3)4,21(5)6)32-23-16-26(11,18-30-33(12,13)25(8,9)10)28-15-14-22(7)27(23,28)17-24(29)31-28/h16,19-21H,7,14-15,17-18H2,1-6,8-13H3/t26-,27?,28?/m0/s1. The summed E-state index contributed by atoms with van der Waals surface area (Å²) in [5, 5.41) is 0.111. The van der Waals surface area contributed by atoms with E-state index in [0.717, 1.165) is 24.2 Å². The fourth-order valence-electron chi connectivity index (χ4n) is 7.14. The zero-order valence-electron chi connectivity index (χ0n) is 24.0. The highest BCUT2D eigenvalue weighted by Gasteiger charge is 2.77. The molecule has 0 aromatic rings. The molecule has 2 fully saturated rings. The lowest BCUT2D eigenvalue weighted by molar-refractivity contribution is -0.161. The summed E-state index contributed by atoms with van der Waals surface area (Å²) in [6, 6.07) is 0. The van der Waals surface area contributed by atoms with Gasteiger partial charge in [-0.15, -0.1) is 0 Å². The van der Waals surface area contributed by atoms with E-state index in [2.05, 4.69) is 95.0 Å². The Morgan fingerprint density at radius 1 is 1.09 bits per heavy atom. The van der Waals surface area contributed by atoms with Gasteiger partial charge in [0.15, 0.2) is 8.32 Å². The molecule has 1 saturated carbocycles. The summed E-state index contributed by atoms with van der Waals surface area (Å²) in [6.45, 7) is 32.5. The summed E-state index contributed by atoms with van der Waals surface area (Å²) in [6.07, 6.45) is 4.30. The van der Waals surface area contributed by atoms with Crippen molar-refractivity contribution >= 4 is 22.6 Å². The molecule has 6 heteroatoms. The Kier molecular flexibility index (Phi) is 6.80. The van der Waals surface area contributed by atoms with E-state index in [-0.39, 0.29) is 11.0 Å². The minimum Gasteiger partial charge on any atom is -0.545 e. The Morgan fingerprint density at radius 3 is 2.09 bits per heavy atom. The van der Waals surface area contributed by atoms with Gasteiger partial charge in [-0.3, -0.25) is 4.79 Å². The highest BCUT2D eigenvalue weighted by atomic mass is 28.4. The molecule has 1 heterocycles. The molecule has 1 aliphatic heterocycles. The highest BCUT2D eigenvalue weighted by molar-refractivity contribution is 6.78. The highest BCUT2D eigenvalue weighted by Crippen LogP contribution is 2.73. The molecular weight excluding hydrogens is 456 g/mol. The van der Waals surface area contributed by atoms with Gasteiger partial charge in [-0.1, -0.05) is 74.5 Å². The maximum atomic E-state index is 13.0. The number of carbonyl (C=O) groups is 1. The molecule has 0 spiro atoms. The molecule has 34 heavy (non-hydrogen) atoms. The number of esters is 1. The van der Waals surface area contributed by atoms with E-state index < -0.39 is 33.1 Å². The van der Waals surface area contributed by atoms with Gasteiger partial charge in [-0.05, 0) is 60.6 Å². The van der Waals surface area contributed by atoms with Gasteiger partial charge in [0.2, 0.25) is 0 Å². The number of rotatable bonds is 8. The zero-order chi connectivity index (χ0) is 26.1. The predicted molar refractivity (Wildman–Crippen MR) is 146 cm³/mol. The molecule has 194 valence electrons. The van der Waals surface area contributed by atoms with Crippen molar-refractivity contribution in [3.8, 4) is 0 Å².